The number of thiazole rings is 1. The van der Waals surface area contributed by atoms with Gasteiger partial charge in [0.15, 0.2) is 0 Å². The molecule has 3 aromatic rings. The second kappa shape index (κ2) is 8.47. The minimum Gasteiger partial charge on any atom is -0.347 e. The number of carbonyl (C=O) groups excluding carboxylic acids is 1. The molecule has 30 heavy (non-hydrogen) atoms. The fourth-order valence-corrected chi connectivity index (χ4v) is 4.24. The number of hydrogen-bond donors (Lipinski definition) is 1. The number of benzene rings is 2. The largest absolute Gasteiger partial charge is 0.416 e. The van der Waals surface area contributed by atoms with Gasteiger partial charge < -0.3 is 5.32 Å². The summed E-state index contributed by atoms with van der Waals surface area (Å²) in [5.74, 6) is -0.563. The van der Waals surface area contributed by atoms with Crippen molar-refractivity contribution in [2.24, 2.45) is 0 Å². The van der Waals surface area contributed by atoms with E-state index in [9.17, 15) is 22.8 Å². The van der Waals surface area contributed by atoms with Gasteiger partial charge in [0, 0.05) is 12.2 Å². The van der Waals surface area contributed by atoms with Gasteiger partial charge in [0.05, 0.1) is 12.1 Å². The average molecular weight is 434 g/mol. The third-order valence-electron chi connectivity index (χ3n) is 5.07. The first kappa shape index (κ1) is 21.8. The fraction of sp³-hybridized carbons (Fsp3) is 0.273. The number of carbonyl (C=O) groups is 1. The van der Waals surface area contributed by atoms with Gasteiger partial charge in [0.2, 0.25) is 0 Å². The molecule has 3 rings (SSSR count). The van der Waals surface area contributed by atoms with Gasteiger partial charge in [-0.1, -0.05) is 47.7 Å². The molecule has 0 unspecified atom stereocenters. The van der Waals surface area contributed by atoms with Crippen molar-refractivity contribution in [2.45, 2.75) is 40.0 Å². The number of amides is 1. The summed E-state index contributed by atoms with van der Waals surface area (Å²) in [5.41, 5.74) is 2.77. The molecule has 4 nitrogen and oxygen atoms in total. The van der Waals surface area contributed by atoms with E-state index in [1.54, 1.807) is 6.92 Å². The van der Waals surface area contributed by atoms with Crippen LogP contribution in [0.3, 0.4) is 0 Å². The number of hydrogen-bond acceptors (Lipinski definition) is 3. The zero-order valence-electron chi connectivity index (χ0n) is 16.8. The molecule has 8 heteroatoms. The molecule has 1 aromatic heterocycles. The minimum atomic E-state index is -4.50. The lowest BCUT2D eigenvalue weighted by atomic mass is 10.0. The molecule has 1 heterocycles. The molecule has 158 valence electrons. The summed E-state index contributed by atoms with van der Waals surface area (Å²) in [4.78, 5) is 25.0. The third-order valence-corrected chi connectivity index (χ3v) is 6.15. The molecule has 0 saturated heterocycles. The molecule has 0 aliphatic heterocycles. The summed E-state index contributed by atoms with van der Waals surface area (Å²) in [6.45, 7) is 5.65. The molecular formula is C22H21F3N2O2S. The van der Waals surface area contributed by atoms with Gasteiger partial charge in [-0.2, -0.15) is 13.2 Å². The van der Waals surface area contributed by atoms with Crippen molar-refractivity contribution < 1.29 is 18.0 Å². The lowest BCUT2D eigenvalue weighted by Crippen LogP contribution is -2.24. The van der Waals surface area contributed by atoms with Crippen molar-refractivity contribution in [1.29, 1.82) is 0 Å². The van der Waals surface area contributed by atoms with Crippen molar-refractivity contribution in [3.63, 3.8) is 0 Å². The van der Waals surface area contributed by atoms with E-state index in [0.29, 0.717) is 12.2 Å². The van der Waals surface area contributed by atoms with E-state index in [1.807, 2.05) is 32.0 Å². The van der Waals surface area contributed by atoms with E-state index in [2.05, 4.69) is 5.32 Å². The standard InChI is InChI=1S/C22H21F3N2O2S/c1-13-7-6-8-14(2)17(13)12-27-15(3)19(30-21(27)29)20(28)26-11-16-9-4-5-10-18(16)22(23,24)25/h4-10H,11-12H2,1-3H3,(H,26,28). The van der Waals surface area contributed by atoms with Crippen LogP contribution in [0.2, 0.25) is 0 Å². The maximum Gasteiger partial charge on any atom is 0.416 e. The summed E-state index contributed by atoms with van der Waals surface area (Å²) in [6, 6.07) is 11.0. The molecule has 0 fully saturated rings. The molecular weight excluding hydrogens is 413 g/mol. The van der Waals surface area contributed by atoms with Crippen LogP contribution in [0.25, 0.3) is 0 Å². The fourth-order valence-electron chi connectivity index (χ4n) is 3.33. The summed E-state index contributed by atoms with van der Waals surface area (Å²) >= 11 is 0.798. The van der Waals surface area contributed by atoms with Crippen LogP contribution in [0, 0.1) is 20.8 Å². The van der Waals surface area contributed by atoms with Gasteiger partial charge in [-0.3, -0.25) is 14.2 Å². The molecule has 1 amide bonds. The highest BCUT2D eigenvalue weighted by Gasteiger charge is 2.33. The van der Waals surface area contributed by atoms with Crippen LogP contribution >= 0.6 is 11.3 Å². The number of nitrogens with zero attached hydrogens (tertiary/aromatic N) is 1. The van der Waals surface area contributed by atoms with Gasteiger partial charge >= 0.3 is 11.0 Å². The van der Waals surface area contributed by atoms with Gasteiger partial charge in [-0.05, 0) is 49.1 Å². The minimum absolute atomic E-state index is 0.0293. The normalized spacial score (nSPS) is 11.5. The zero-order valence-corrected chi connectivity index (χ0v) is 17.6. The van der Waals surface area contributed by atoms with Crippen LogP contribution < -0.4 is 10.2 Å². The number of alkyl halides is 3. The first-order valence-electron chi connectivity index (χ1n) is 9.28. The molecule has 2 aromatic carbocycles. The van der Waals surface area contributed by atoms with Crippen LogP contribution in [-0.2, 0) is 19.3 Å². The molecule has 0 spiro atoms. The predicted molar refractivity (Wildman–Crippen MR) is 111 cm³/mol. The Labute approximate surface area is 176 Å². The Morgan fingerprint density at radius 2 is 1.67 bits per heavy atom. The number of aryl methyl sites for hydroxylation is 2. The van der Waals surface area contributed by atoms with Crippen LogP contribution in [0.4, 0.5) is 13.2 Å². The second-order valence-electron chi connectivity index (χ2n) is 7.08. The van der Waals surface area contributed by atoms with E-state index >= 15 is 0 Å². The Kier molecular flexibility index (Phi) is 6.17. The molecule has 0 saturated carbocycles. The SMILES string of the molecule is Cc1cccc(C)c1Cn1c(C)c(C(=O)NCc2ccccc2C(F)(F)F)sc1=O. The summed E-state index contributed by atoms with van der Waals surface area (Å²) < 4.78 is 40.9. The Morgan fingerprint density at radius 1 is 1.03 bits per heavy atom. The molecule has 0 radical (unpaired) electrons. The predicted octanol–water partition coefficient (Wildman–Crippen LogP) is 4.83. The van der Waals surface area contributed by atoms with Crippen LogP contribution in [0.15, 0.2) is 47.3 Å². The number of halogens is 3. The van der Waals surface area contributed by atoms with E-state index in [0.717, 1.165) is 34.1 Å². The Balaban J connectivity index is 1.82. The highest BCUT2D eigenvalue weighted by molar-refractivity contribution is 7.11. The van der Waals surface area contributed by atoms with E-state index in [4.69, 9.17) is 0 Å². The van der Waals surface area contributed by atoms with E-state index in [-0.39, 0.29) is 21.9 Å². The number of aromatic nitrogens is 1. The summed E-state index contributed by atoms with van der Waals surface area (Å²) in [6.07, 6.45) is -4.50. The van der Waals surface area contributed by atoms with Crippen molar-refractivity contribution in [3.05, 3.63) is 90.5 Å². The highest BCUT2D eigenvalue weighted by Crippen LogP contribution is 2.31. The smallest absolute Gasteiger partial charge is 0.347 e. The molecule has 0 atom stereocenters. The third kappa shape index (κ3) is 4.48. The van der Waals surface area contributed by atoms with E-state index in [1.165, 1.54) is 22.8 Å². The van der Waals surface area contributed by atoms with E-state index < -0.39 is 17.6 Å². The molecule has 1 N–H and O–H groups in total. The Morgan fingerprint density at radius 3 is 2.30 bits per heavy atom. The summed E-state index contributed by atoms with van der Waals surface area (Å²) in [7, 11) is 0. The van der Waals surface area contributed by atoms with Crippen molar-refractivity contribution >= 4 is 17.2 Å². The summed E-state index contributed by atoms with van der Waals surface area (Å²) in [5, 5.41) is 2.52. The lowest BCUT2D eigenvalue weighted by Gasteiger charge is -2.13. The molecule has 0 aliphatic rings. The van der Waals surface area contributed by atoms with Gasteiger partial charge in [-0.25, -0.2) is 0 Å². The zero-order chi connectivity index (χ0) is 22.1. The maximum absolute atomic E-state index is 13.1. The van der Waals surface area contributed by atoms with Crippen molar-refractivity contribution in [1.82, 2.24) is 9.88 Å². The quantitative estimate of drug-likeness (QED) is 0.625. The average Bonchev–Trinajstić information content (AvgIpc) is 2.96. The van der Waals surface area contributed by atoms with Gasteiger partial charge in [0.1, 0.15) is 4.88 Å². The molecule has 0 bridgehead atoms. The van der Waals surface area contributed by atoms with Crippen molar-refractivity contribution in [2.75, 3.05) is 0 Å². The van der Waals surface area contributed by atoms with Crippen molar-refractivity contribution in [3.8, 4) is 0 Å². The number of rotatable bonds is 5. The maximum atomic E-state index is 13.1. The van der Waals surface area contributed by atoms with Gasteiger partial charge in [-0.15, -0.1) is 0 Å². The van der Waals surface area contributed by atoms with Gasteiger partial charge in [0.25, 0.3) is 5.91 Å². The van der Waals surface area contributed by atoms with Crippen LogP contribution in [0.1, 0.15) is 43.2 Å². The Bertz CT molecular complexity index is 1130. The highest BCUT2D eigenvalue weighted by atomic mass is 32.1. The topological polar surface area (TPSA) is 51.1 Å². The number of nitrogens with one attached hydrogen (secondary N) is 1. The Hall–Kier alpha value is -2.87. The molecule has 0 aliphatic carbocycles. The monoisotopic (exact) mass is 434 g/mol. The second-order valence-corrected chi connectivity index (χ2v) is 8.04. The van der Waals surface area contributed by atoms with Crippen LogP contribution in [-0.4, -0.2) is 10.5 Å². The first-order valence-corrected chi connectivity index (χ1v) is 10.1. The van der Waals surface area contributed by atoms with Crippen LogP contribution in [0.5, 0.6) is 0 Å². The lowest BCUT2D eigenvalue weighted by molar-refractivity contribution is -0.138. The first-order chi connectivity index (χ1) is 14.1.